The van der Waals surface area contributed by atoms with Gasteiger partial charge in [-0.05, 0) is 20.0 Å². The lowest BCUT2D eigenvalue weighted by atomic mass is 10.5. The minimum Gasteiger partial charge on any atom is -0.395 e. The van der Waals surface area contributed by atoms with Gasteiger partial charge >= 0.3 is 0 Å². The van der Waals surface area contributed by atoms with Crippen molar-refractivity contribution in [3.8, 4) is 0 Å². The minimum absolute atomic E-state index is 0.687. The molecule has 0 aliphatic rings. The van der Waals surface area contributed by atoms with Crippen LogP contribution in [0, 0.1) is 0 Å². The van der Waals surface area contributed by atoms with Crippen LogP contribution in [-0.2, 0) is 4.84 Å². The van der Waals surface area contributed by atoms with Gasteiger partial charge in [0.15, 0.2) is 0 Å². The summed E-state index contributed by atoms with van der Waals surface area (Å²) in [5.74, 6) is 0. The summed E-state index contributed by atoms with van der Waals surface area (Å²) in [6.07, 6.45) is 1.65. The second-order valence-electron chi connectivity index (χ2n) is 2.22. The van der Waals surface area contributed by atoms with Gasteiger partial charge in [0.2, 0.25) is 0 Å². The van der Waals surface area contributed by atoms with Gasteiger partial charge in [0.1, 0.15) is 6.61 Å². The van der Waals surface area contributed by atoms with Gasteiger partial charge in [-0.25, -0.2) is 0 Å². The Morgan fingerprint density at radius 2 is 2.00 bits per heavy atom. The topological polar surface area (TPSA) is 24.8 Å². The summed E-state index contributed by atoms with van der Waals surface area (Å²) in [6, 6.07) is 0. The third-order valence-electron chi connectivity index (χ3n) is 1.57. The number of oxime groups is 1. The lowest BCUT2D eigenvalue weighted by Gasteiger charge is -2.16. The maximum atomic E-state index is 4.94. The van der Waals surface area contributed by atoms with E-state index >= 15 is 0 Å². The van der Waals surface area contributed by atoms with E-state index in [1.54, 1.807) is 6.21 Å². The van der Waals surface area contributed by atoms with Gasteiger partial charge in [-0.1, -0.05) is 19.0 Å². The molecule has 0 aromatic carbocycles. The zero-order valence-corrected chi connectivity index (χ0v) is 7.71. The number of rotatable bonds is 6. The van der Waals surface area contributed by atoms with Gasteiger partial charge in [0.25, 0.3) is 0 Å². The standard InChI is InChI=1S/C8H18N2O/c1-4-9-11-8-7-10(5-2)6-3/h4H,5-8H2,1-3H3/b9-4+. The smallest absolute Gasteiger partial charge is 0.129 e. The number of hydrogen-bond donors (Lipinski definition) is 0. The monoisotopic (exact) mass is 158 g/mol. The van der Waals surface area contributed by atoms with E-state index < -0.39 is 0 Å². The van der Waals surface area contributed by atoms with Crippen molar-refractivity contribution in [2.24, 2.45) is 5.16 Å². The zero-order valence-electron chi connectivity index (χ0n) is 7.71. The van der Waals surface area contributed by atoms with E-state index in [9.17, 15) is 0 Å². The highest BCUT2D eigenvalue weighted by Gasteiger charge is 1.96. The molecular formula is C8H18N2O. The Balaban J connectivity index is 3.21. The van der Waals surface area contributed by atoms with Crippen molar-refractivity contribution in [1.82, 2.24) is 4.90 Å². The highest BCUT2D eigenvalue weighted by Crippen LogP contribution is 1.86. The van der Waals surface area contributed by atoms with Gasteiger partial charge in [-0.3, -0.25) is 0 Å². The number of likely N-dealkylation sites (N-methyl/N-ethyl adjacent to an activating group) is 1. The minimum atomic E-state index is 0.687. The lowest BCUT2D eigenvalue weighted by molar-refractivity contribution is 0.115. The molecule has 0 aliphatic carbocycles. The molecule has 66 valence electrons. The van der Waals surface area contributed by atoms with Crippen LogP contribution in [-0.4, -0.2) is 37.4 Å². The van der Waals surface area contributed by atoms with Crippen molar-refractivity contribution in [3.63, 3.8) is 0 Å². The van der Waals surface area contributed by atoms with Crippen LogP contribution in [0.15, 0.2) is 5.16 Å². The second kappa shape index (κ2) is 7.54. The molecule has 0 atom stereocenters. The maximum Gasteiger partial charge on any atom is 0.129 e. The van der Waals surface area contributed by atoms with E-state index in [2.05, 4.69) is 23.9 Å². The van der Waals surface area contributed by atoms with E-state index in [4.69, 9.17) is 4.84 Å². The van der Waals surface area contributed by atoms with Crippen molar-refractivity contribution < 1.29 is 4.84 Å². The molecule has 0 saturated carbocycles. The summed E-state index contributed by atoms with van der Waals surface area (Å²) in [4.78, 5) is 7.24. The molecule has 0 aromatic rings. The SMILES string of the molecule is C/C=N/OCCN(CC)CC. The third-order valence-corrected chi connectivity index (χ3v) is 1.57. The zero-order chi connectivity index (χ0) is 8.53. The highest BCUT2D eigenvalue weighted by atomic mass is 16.6. The Labute approximate surface area is 69.0 Å². The second-order valence-corrected chi connectivity index (χ2v) is 2.22. The van der Waals surface area contributed by atoms with Crippen LogP contribution < -0.4 is 0 Å². The van der Waals surface area contributed by atoms with Crippen LogP contribution in [0.25, 0.3) is 0 Å². The van der Waals surface area contributed by atoms with E-state index in [-0.39, 0.29) is 0 Å². The quantitative estimate of drug-likeness (QED) is 0.331. The van der Waals surface area contributed by atoms with Crippen molar-refractivity contribution in [3.05, 3.63) is 0 Å². The molecule has 0 heterocycles. The summed E-state index contributed by atoms with van der Waals surface area (Å²) in [7, 11) is 0. The molecule has 0 saturated heterocycles. The van der Waals surface area contributed by atoms with Crippen LogP contribution in [0.5, 0.6) is 0 Å². The summed E-state index contributed by atoms with van der Waals surface area (Å²) in [6.45, 7) is 9.94. The molecule has 0 aliphatic heterocycles. The van der Waals surface area contributed by atoms with Crippen molar-refractivity contribution >= 4 is 6.21 Å². The van der Waals surface area contributed by atoms with Gasteiger partial charge in [0.05, 0.1) is 0 Å². The molecule has 0 aromatic heterocycles. The Morgan fingerprint density at radius 1 is 1.36 bits per heavy atom. The van der Waals surface area contributed by atoms with Gasteiger partial charge in [0, 0.05) is 12.8 Å². The average molecular weight is 158 g/mol. The predicted octanol–water partition coefficient (Wildman–Crippen LogP) is 1.35. The lowest BCUT2D eigenvalue weighted by Crippen LogP contribution is -2.26. The van der Waals surface area contributed by atoms with Gasteiger partial charge in [-0.2, -0.15) is 0 Å². The fourth-order valence-corrected chi connectivity index (χ4v) is 0.837. The molecule has 0 radical (unpaired) electrons. The molecule has 3 heteroatoms. The first-order chi connectivity index (χ1) is 5.35. The normalized spacial score (nSPS) is 11.3. The summed E-state index contributed by atoms with van der Waals surface area (Å²) in [5.41, 5.74) is 0. The van der Waals surface area contributed by atoms with Gasteiger partial charge in [-0.15, -0.1) is 0 Å². The molecule has 11 heavy (non-hydrogen) atoms. The van der Waals surface area contributed by atoms with E-state index in [1.807, 2.05) is 6.92 Å². The van der Waals surface area contributed by atoms with E-state index in [1.165, 1.54) is 0 Å². The Hall–Kier alpha value is -0.570. The molecule has 0 spiro atoms. The first kappa shape index (κ1) is 10.4. The number of nitrogens with zero attached hydrogens (tertiary/aromatic N) is 2. The molecular weight excluding hydrogens is 140 g/mol. The Kier molecular flexibility index (Phi) is 7.15. The highest BCUT2D eigenvalue weighted by molar-refractivity contribution is 5.52. The first-order valence-corrected chi connectivity index (χ1v) is 4.17. The molecule has 3 nitrogen and oxygen atoms in total. The summed E-state index contributed by atoms with van der Waals surface area (Å²) >= 11 is 0. The van der Waals surface area contributed by atoms with Crippen molar-refractivity contribution in [2.75, 3.05) is 26.2 Å². The summed E-state index contributed by atoms with van der Waals surface area (Å²) in [5, 5.41) is 3.66. The predicted molar refractivity (Wildman–Crippen MR) is 47.9 cm³/mol. The van der Waals surface area contributed by atoms with E-state index in [0.29, 0.717) is 6.61 Å². The molecule has 0 rings (SSSR count). The van der Waals surface area contributed by atoms with Crippen LogP contribution in [0.1, 0.15) is 20.8 Å². The van der Waals surface area contributed by atoms with Crippen LogP contribution in [0.3, 0.4) is 0 Å². The summed E-state index contributed by atoms with van der Waals surface area (Å²) < 4.78 is 0. The van der Waals surface area contributed by atoms with Crippen LogP contribution >= 0.6 is 0 Å². The molecule has 0 unspecified atom stereocenters. The van der Waals surface area contributed by atoms with Crippen LogP contribution in [0.2, 0.25) is 0 Å². The Bertz CT molecular complexity index is 100. The number of hydrogen-bond acceptors (Lipinski definition) is 3. The largest absolute Gasteiger partial charge is 0.395 e. The average Bonchev–Trinajstić information content (AvgIpc) is 2.05. The molecule has 0 fully saturated rings. The van der Waals surface area contributed by atoms with Gasteiger partial charge < -0.3 is 9.74 Å². The van der Waals surface area contributed by atoms with E-state index in [0.717, 1.165) is 19.6 Å². The third kappa shape index (κ3) is 5.85. The first-order valence-electron chi connectivity index (χ1n) is 4.17. The maximum absolute atomic E-state index is 4.94. The molecule has 0 N–H and O–H groups in total. The Morgan fingerprint density at radius 3 is 2.45 bits per heavy atom. The van der Waals surface area contributed by atoms with Crippen molar-refractivity contribution in [2.45, 2.75) is 20.8 Å². The molecule has 0 amide bonds. The molecule has 0 bridgehead atoms. The van der Waals surface area contributed by atoms with Crippen LogP contribution in [0.4, 0.5) is 0 Å². The van der Waals surface area contributed by atoms with Crippen molar-refractivity contribution in [1.29, 1.82) is 0 Å². The fraction of sp³-hybridized carbons (Fsp3) is 0.875. The fourth-order valence-electron chi connectivity index (χ4n) is 0.837.